The molecule has 1 aromatic rings. The van der Waals surface area contributed by atoms with E-state index in [1.807, 2.05) is 6.92 Å². The first kappa shape index (κ1) is 19.2. The molecular weight excluding hydrogens is 330 g/mol. The van der Waals surface area contributed by atoms with Crippen LogP contribution in [0.1, 0.15) is 12.5 Å². The Bertz CT molecular complexity index is 805. The van der Waals surface area contributed by atoms with Crippen molar-refractivity contribution >= 4 is 21.6 Å². The van der Waals surface area contributed by atoms with Gasteiger partial charge in [0.15, 0.2) is 9.84 Å². The van der Waals surface area contributed by atoms with Gasteiger partial charge in [0.25, 0.3) is 0 Å². The summed E-state index contributed by atoms with van der Waals surface area (Å²) in [7, 11) is -3.60. The number of hydrogen-bond donors (Lipinski definition) is 3. The topological polar surface area (TPSA) is 151 Å². The van der Waals surface area contributed by atoms with Crippen molar-refractivity contribution in [3.8, 4) is 6.07 Å². The minimum atomic E-state index is -3.60. The normalized spacial score (nSPS) is 13.9. The van der Waals surface area contributed by atoms with Crippen LogP contribution < -0.4 is 16.8 Å². The fourth-order valence-corrected chi connectivity index (χ4v) is 3.27. The number of nitriles is 1. The van der Waals surface area contributed by atoms with E-state index < -0.39 is 21.7 Å². The highest BCUT2D eigenvalue weighted by atomic mass is 32.2. The number of carbonyl (C=O) groups excluding carboxylic acids is 1. The van der Waals surface area contributed by atoms with Gasteiger partial charge >= 0.3 is 0 Å². The first-order chi connectivity index (χ1) is 11.2. The second-order valence-electron chi connectivity index (χ2n) is 5.20. The van der Waals surface area contributed by atoms with Gasteiger partial charge in [-0.05, 0) is 19.1 Å². The zero-order valence-corrected chi connectivity index (χ0v) is 14.2. The van der Waals surface area contributed by atoms with E-state index in [0.29, 0.717) is 0 Å². The molecule has 1 amide bonds. The Morgan fingerprint density at radius 3 is 2.50 bits per heavy atom. The second kappa shape index (κ2) is 8.12. The van der Waals surface area contributed by atoms with Crippen molar-refractivity contribution < 1.29 is 13.2 Å². The molecule has 0 saturated heterocycles. The molecule has 0 radical (unpaired) electrons. The molecule has 0 fully saturated rings. The average molecular weight is 349 g/mol. The van der Waals surface area contributed by atoms with E-state index in [1.54, 1.807) is 18.2 Å². The molecular formula is C15H19N5O3S. The van der Waals surface area contributed by atoms with Crippen LogP contribution >= 0.6 is 0 Å². The maximum absolute atomic E-state index is 12.3. The molecule has 0 saturated carbocycles. The number of rotatable bonds is 6. The number of amidine groups is 1. The molecule has 0 aliphatic heterocycles. The molecule has 8 nitrogen and oxygen atoms in total. The van der Waals surface area contributed by atoms with Gasteiger partial charge in [-0.3, -0.25) is 4.79 Å². The lowest BCUT2D eigenvalue weighted by molar-refractivity contribution is -0.123. The highest BCUT2D eigenvalue weighted by Gasteiger charge is 2.23. The lowest BCUT2D eigenvalue weighted by Gasteiger charge is -2.12. The van der Waals surface area contributed by atoms with Crippen molar-refractivity contribution in [3.05, 3.63) is 41.8 Å². The molecule has 1 atom stereocenters. The van der Waals surface area contributed by atoms with Gasteiger partial charge in [-0.1, -0.05) is 24.6 Å². The Kier molecular flexibility index (Phi) is 6.49. The Balaban J connectivity index is 2.76. The van der Waals surface area contributed by atoms with Crippen LogP contribution in [0.15, 0.2) is 46.2 Å². The average Bonchev–Trinajstić information content (AvgIpc) is 2.52. The molecule has 24 heavy (non-hydrogen) atoms. The van der Waals surface area contributed by atoms with Crippen molar-refractivity contribution in [2.24, 2.45) is 22.4 Å². The van der Waals surface area contributed by atoms with Crippen molar-refractivity contribution in [3.63, 3.8) is 0 Å². The van der Waals surface area contributed by atoms with E-state index in [1.165, 1.54) is 19.1 Å². The minimum absolute atomic E-state index is 0.141. The number of benzene rings is 1. The van der Waals surface area contributed by atoms with Crippen molar-refractivity contribution in [1.29, 1.82) is 5.26 Å². The lowest BCUT2D eigenvalue weighted by Crippen LogP contribution is -2.35. The summed E-state index contributed by atoms with van der Waals surface area (Å²) in [6, 6.07) is 7.97. The number of nitrogens with two attached hydrogens (primary N) is 2. The number of nitrogens with zero attached hydrogens (tertiary/aromatic N) is 2. The molecule has 0 aliphatic carbocycles. The van der Waals surface area contributed by atoms with E-state index in [4.69, 9.17) is 16.7 Å². The largest absolute Gasteiger partial charge is 0.384 e. The van der Waals surface area contributed by atoms with Crippen LogP contribution in [0.3, 0.4) is 0 Å². The van der Waals surface area contributed by atoms with E-state index >= 15 is 0 Å². The Morgan fingerprint density at radius 2 is 1.96 bits per heavy atom. The zero-order chi connectivity index (χ0) is 18.3. The van der Waals surface area contributed by atoms with Crippen LogP contribution in [-0.4, -0.2) is 25.9 Å². The highest BCUT2D eigenvalue weighted by Crippen LogP contribution is 2.15. The Labute approximate surface area is 140 Å². The van der Waals surface area contributed by atoms with E-state index in [0.717, 1.165) is 11.8 Å². The van der Waals surface area contributed by atoms with E-state index in [-0.39, 0.29) is 22.3 Å². The van der Waals surface area contributed by atoms with Gasteiger partial charge in [0.05, 0.1) is 16.8 Å². The summed E-state index contributed by atoms with van der Waals surface area (Å²) in [6.45, 7) is 3.32. The van der Waals surface area contributed by atoms with Gasteiger partial charge in [0, 0.05) is 5.92 Å². The summed E-state index contributed by atoms with van der Waals surface area (Å²) in [5.41, 5.74) is 11.6. The summed E-state index contributed by atoms with van der Waals surface area (Å²) in [5.74, 6) is -2.23. The molecule has 5 N–H and O–H groups in total. The van der Waals surface area contributed by atoms with Crippen LogP contribution in [0.25, 0.3) is 0 Å². The van der Waals surface area contributed by atoms with Gasteiger partial charge in [0.1, 0.15) is 11.9 Å². The predicted octanol–water partition coefficient (Wildman–Crippen LogP) is 0.159. The molecule has 9 heteroatoms. The maximum atomic E-state index is 12.3. The van der Waals surface area contributed by atoms with Crippen LogP contribution in [0.2, 0.25) is 0 Å². The second-order valence-corrected chi connectivity index (χ2v) is 7.23. The number of sulfone groups is 1. The molecule has 0 aromatic heterocycles. The SMILES string of the molecule is Cc1ccc(S(=O)(=O)CC(C)C(=O)N/C(N)=C/N=C(N)C#N)cc1. The summed E-state index contributed by atoms with van der Waals surface area (Å²) in [4.78, 5) is 15.6. The third-order valence-corrected chi connectivity index (χ3v) is 4.95. The number of nitrogens with one attached hydrogen (secondary N) is 1. The number of aryl methyl sites for hydroxylation is 1. The van der Waals surface area contributed by atoms with E-state index in [2.05, 4.69) is 10.3 Å². The van der Waals surface area contributed by atoms with Crippen LogP contribution in [0.4, 0.5) is 0 Å². The Morgan fingerprint density at radius 1 is 1.38 bits per heavy atom. The third kappa shape index (κ3) is 5.73. The predicted molar refractivity (Wildman–Crippen MR) is 90.0 cm³/mol. The molecule has 0 heterocycles. The first-order valence-electron chi connectivity index (χ1n) is 6.95. The van der Waals surface area contributed by atoms with Gasteiger partial charge in [-0.25, -0.2) is 13.4 Å². The maximum Gasteiger partial charge on any atom is 0.229 e. The van der Waals surface area contributed by atoms with Crippen LogP contribution in [0, 0.1) is 24.2 Å². The molecule has 128 valence electrons. The van der Waals surface area contributed by atoms with Crippen molar-refractivity contribution in [2.45, 2.75) is 18.7 Å². The van der Waals surface area contributed by atoms with E-state index in [9.17, 15) is 13.2 Å². The molecule has 0 bridgehead atoms. The Hall–Kier alpha value is -2.86. The smallest absolute Gasteiger partial charge is 0.229 e. The number of aliphatic imine (C=N–C) groups is 1. The standard InChI is InChI=1S/C15H19N5O3S/c1-10-3-5-12(6-4-10)24(22,23)9-11(2)15(21)20-14(18)8-19-13(17)7-16/h3-6,8,11H,9,18H2,1-2H3,(H2,17,19)(H,20,21)/b14-8+. The van der Waals surface area contributed by atoms with Crippen molar-refractivity contribution in [2.75, 3.05) is 5.75 Å². The minimum Gasteiger partial charge on any atom is -0.384 e. The summed E-state index contributed by atoms with van der Waals surface area (Å²) >= 11 is 0. The summed E-state index contributed by atoms with van der Waals surface area (Å²) in [5, 5.41) is 10.7. The fourth-order valence-electron chi connectivity index (χ4n) is 1.71. The molecule has 0 spiro atoms. The summed E-state index contributed by atoms with van der Waals surface area (Å²) < 4.78 is 24.6. The molecule has 1 rings (SSSR count). The molecule has 0 aliphatic rings. The summed E-state index contributed by atoms with van der Waals surface area (Å²) in [6.07, 6.45) is 1.01. The number of amides is 1. The van der Waals surface area contributed by atoms with Gasteiger partial charge < -0.3 is 16.8 Å². The fraction of sp³-hybridized carbons (Fsp3) is 0.267. The first-order valence-corrected chi connectivity index (χ1v) is 8.60. The lowest BCUT2D eigenvalue weighted by atomic mass is 10.2. The van der Waals surface area contributed by atoms with Gasteiger partial charge in [-0.15, -0.1) is 0 Å². The number of carbonyl (C=O) groups is 1. The third-order valence-electron chi connectivity index (χ3n) is 3.02. The molecule has 1 unspecified atom stereocenters. The zero-order valence-electron chi connectivity index (χ0n) is 13.4. The van der Waals surface area contributed by atoms with Gasteiger partial charge in [0.2, 0.25) is 11.7 Å². The highest BCUT2D eigenvalue weighted by molar-refractivity contribution is 7.91. The van der Waals surface area contributed by atoms with Crippen LogP contribution in [-0.2, 0) is 14.6 Å². The quantitative estimate of drug-likeness (QED) is 0.491. The van der Waals surface area contributed by atoms with Gasteiger partial charge in [-0.2, -0.15) is 5.26 Å². The molecule has 1 aromatic carbocycles. The number of hydrogen-bond acceptors (Lipinski definition) is 6. The van der Waals surface area contributed by atoms with Crippen LogP contribution in [0.5, 0.6) is 0 Å². The monoisotopic (exact) mass is 349 g/mol. The van der Waals surface area contributed by atoms with Crippen molar-refractivity contribution in [1.82, 2.24) is 5.32 Å².